The lowest BCUT2D eigenvalue weighted by atomic mass is 9.92. The number of pyridine rings is 2. The van der Waals surface area contributed by atoms with Crippen LogP contribution >= 0.6 is 0 Å². The monoisotopic (exact) mass is 377 g/mol. The van der Waals surface area contributed by atoms with Crippen LogP contribution in [0.4, 0.5) is 5.82 Å². The fourth-order valence-corrected chi connectivity index (χ4v) is 4.69. The van der Waals surface area contributed by atoms with Gasteiger partial charge in [-0.25, -0.2) is 9.50 Å². The number of hydrogen-bond acceptors (Lipinski definition) is 5. The molecule has 0 bridgehead atoms. The lowest BCUT2D eigenvalue weighted by Gasteiger charge is -2.35. The number of ether oxygens (including phenoxy) is 1. The van der Waals surface area contributed by atoms with E-state index in [1.807, 2.05) is 30.0 Å². The van der Waals surface area contributed by atoms with Crippen LogP contribution in [0, 0.1) is 12.8 Å². The standard InChI is InChI=1S/C22H27N5O/c1-3-28-18-10-19(22-15(2)11-25-27(22)13-18)17-4-5-21(24-12-17)26-9-7-16-6-8-23-20(16)14-26/h4-5,10-13,16,20,23H,3,6-9,14H2,1-2H3/t16-,20+/m0/s1. The van der Waals surface area contributed by atoms with Gasteiger partial charge in [0, 0.05) is 36.5 Å². The highest BCUT2D eigenvalue weighted by Gasteiger charge is 2.32. The van der Waals surface area contributed by atoms with E-state index < -0.39 is 0 Å². The van der Waals surface area contributed by atoms with Crippen LogP contribution in [0.15, 0.2) is 36.8 Å². The molecule has 2 atom stereocenters. The number of piperidine rings is 1. The third kappa shape index (κ3) is 3.02. The zero-order valence-electron chi connectivity index (χ0n) is 16.6. The predicted octanol–water partition coefficient (Wildman–Crippen LogP) is 3.29. The quantitative estimate of drug-likeness (QED) is 0.756. The number of aryl methyl sites for hydroxylation is 1. The van der Waals surface area contributed by atoms with Crippen LogP contribution in [0.5, 0.6) is 5.75 Å². The van der Waals surface area contributed by atoms with Gasteiger partial charge in [-0.15, -0.1) is 0 Å². The summed E-state index contributed by atoms with van der Waals surface area (Å²) in [6.07, 6.45) is 8.40. The Bertz CT molecular complexity index is 981. The number of aromatic nitrogens is 3. The Labute approximate surface area is 165 Å². The molecule has 0 spiro atoms. The third-order valence-electron chi connectivity index (χ3n) is 6.14. The number of fused-ring (bicyclic) bond motifs is 2. The molecule has 3 aromatic rings. The molecule has 0 aromatic carbocycles. The molecule has 0 aliphatic carbocycles. The Kier molecular flexibility index (Phi) is 4.43. The summed E-state index contributed by atoms with van der Waals surface area (Å²) in [6, 6.07) is 7.04. The molecule has 28 heavy (non-hydrogen) atoms. The normalized spacial score (nSPS) is 21.9. The second-order valence-corrected chi connectivity index (χ2v) is 7.89. The van der Waals surface area contributed by atoms with Gasteiger partial charge in [0.05, 0.1) is 24.5 Å². The molecule has 2 saturated heterocycles. The minimum Gasteiger partial charge on any atom is -0.492 e. The van der Waals surface area contributed by atoms with Crippen LogP contribution in [0.2, 0.25) is 0 Å². The Hall–Kier alpha value is -2.60. The summed E-state index contributed by atoms with van der Waals surface area (Å²) in [6.45, 7) is 8.04. The summed E-state index contributed by atoms with van der Waals surface area (Å²) in [5.41, 5.74) is 4.45. The molecule has 1 N–H and O–H groups in total. The summed E-state index contributed by atoms with van der Waals surface area (Å²) in [5, 5.41) is 8.11. The maximum atomic E-state index is 5.75. The van der Waals surface area contributed by atoms with E-state index >= 15 is 0 Å². The molecule has 5 rings (SSSR count). The Morgan fingerprint density at radius 3 is 3.00 bits per heavy atom. The molecule has 2 aliphatic heterocycles. The van der Waals surface area contributed by atoms with Gasteiger partial charge < -0.3 is 15.0 Å². The Balaban J connectivity index is 1.46. The van der Waals surface area contributed by atoms with Gasteiger partial charge in [-0.1, -0.05) is 0 Å². The summed E-state index contributed by atoms with van der Waals surface area (Å²) >= 11 is 0. The molecule has 5 heterocycles. The fraction of sp³-hybridized carbons (Fsp3) is 0.455. The summed E-state index contributed by atoms with van der Waals surface area (Å²) < 4.78 is 7.65. The first kappa shape index (κ1) is 17.5. The molecule has 6 heteroatoms. The molecule has 146 valence electrons. The van der Waals surface area contributed by atoms with Crippen molar-refractivity contribution in [3.05, 3.63) is 42.4 Å². The SMILES string of the molecule is CCOc1cc(-c2ccc(N3CC[C@@H]4CCN[C@@H]4C3)nc2)c2c(C)cnn2c1. The average molecular weight is 377 g/mol. The van der Waals surface area contributed by atoms with Gasteiger partial charge in [0.1, 0.15) is 11.6 Å². The third-order valence-corrected chi connectivity index (χ3v) is 6.14. The van der Waals surface area contributed by atoms with Crippen LogP contribution in [-0.4, -0.2) is 46.9 Å². The lowest BCUT2D eigenvalue weighted by molar-refractivity contribution is 0.338. The number of anilines is 1. The zero-order valence-corrected chi connectivity index (χ0v) is 16.6. The molecule has 0 unspecified atom stereocenters. The highest BCUT2D eigenvalue weighted by Crippen LogP contribution is 2.32. The van der Waals surface area contributed by atoms with E-state index in [0.717, 1.165) is 59.3 Å². The molecule has 0 saturated carbocycles. The van der Waals surface area contributed by atoms with Crippen molar-refractivity contribution in [1.82, 2.24) is 19.9 Å². The second kappa shape index (κ2) is 7.09. The summed E-state index contributed by atoms with van der Waals surface area (Å²) in [7, 11) is 0. The van der Waals surface area contributed by atoms with E-state index in [1.165, 1.54) is 12.8 Å². The molecule has 0 amide bonds. The fourth-order valence-electron chi connectivity index (χ4n) is 4.69. The van der Waals surface area contributed by atoms with Crippen LogP contribution in [0.25, 0.3) is 16.6 Å². The Morgan fingerprint density at radius 2 is 2.18 bits per heavy atom. The first-order valence-corrected chi connectivity index (χ1v) is 10.3. The smallest absolute Gasteiger partial charge is 0.138 e. The van der Waals surface area contributed by atoms with Crippen molar-refractivity contribution < 1.29 is 4.74 Å². The highest BCUT2D eigenvalue weighted by molar-refractivity contribution is 5.83. The Morgan fingerprint density at radius 1 is 1.25 bits per heavy atom. The number of hydrogen-bond donors (Lipinski definition) is 1. The van der Waals surface area contributed by atoms with Crippen molar-refractivity contribution in [1.29, 1.82) is 0 Å². The number of nitrogens with zero attached hydrogens (tertiary/aromatic N) is 4. The number of nitrogens with one attached hydrogen (secondary N) is 1. The number of rotatable bonds is 4. The predicted molar refractivity (Wildman–Crippen MR) is 111 cm³/mol. The molecular formula is C22H27N5O. The second-order valence-electron chi connectivity index (χ2n) is 7.89. The molecule has 3 aromatic heterocycles. The van der Waals surface area contributed by atoms with Gasteiger partial charge >= 0.3 is 0 Å². The van der Waals surface area contributed by atoms with E-state index in [2.05, 4.69) is 40.4 Å². The van der Waals surface area contributed by atoms with Crippen LogP contribution in [-0.2, 0) is 0 Å². The van der Waals surface area contributed by atoms with Crippen molar-refractivity contribution >= 4 is 11.3 Å². The van der Waals surface area contributed by atoms with E-state index in [1.54, 1.807) is 0 Å². The van der Waals surface area contributed by atoms with Gasteiger partial charge in [-0.3, -0.25) is 0 Å². The topological polar surface area (TPSA) is 54.7 Å². The molecule has 0 radical (unpaired) electrons. The van der Waals surface area contributed by atoms with Crippen LogP contribution < -0.4 is 15.0 Å². The lowest BCUT2D eigenvalue weighted by Crippen LogP contribution is -2.46. The summed E-state index contributed by atoms with van der Waals surface area (Å²) in [5.74, 6) is 2.74. The van der Waals surface area contributed by atoms with Crippen molar-refractivity contribution in [2.45, 2.75) is 32.7 Å². The molecule has 6 nitrogen and oxygen atoms in total. The zero-order chi connectivity index (χ0) is 19.1. The van der Waals surface area contributed by atoms with Gasteiger partial charge in [0.25, 0.3) is 0 Å². The average Bonchev–Trinajstić information content (AvgIpc) is 3.34. The van der Waals surface area contributed by atoms with E-state index in [4.69, 9.17) is 9.72 Å². The first-order valence-electron chi connectivity index (χ1n) is 10.3. The van der Waals surface area contributed by atoms with Crippen molar-refractivity contribution in [3.63, 3.8) is 0 Å². The van der Waals surface area contributed by atoms with E-state index in [9.17, 15) is 0 Å². The minimum absolute atomic E-state index is 0.618. The summed E-state index contributed by atoms with van der Waals surface area (Å²) in [4.78, 5) is 7.23. The van der Waals surface area contributed by atoms with Crippen molar-refractivity contribution in [2.75, 3.05) is 31.1 Å². The molecule has 2 fully saturated rings. The maximum Gasteiger partial charge on any atom is 0.138 e. The highest BCUT2D eigenvalue weighted by atomic mass is 16.5. The van der Waals surface area contributed by atoms with E-state index in [-0.39, 0.29) is 0 Å². The molecule has 2 aliphatic rings. The van der Waals surface area contributed by atoms with Crippen molar-refractivity contribution in [3.8, 4) is 16.9 Å². The molecular weight excluding hydrogens is 350 g/mol. The van der Waals surface area contributed by atoms with Gasteiger partial charge in [-0.2, -0.15) is 5.10 Å². The van der Waals surface area contributed by atoms with Gasteiger partial charge in [0.2, 0.25) is 0 Å². The van der Waals surface area contributed by atoms with Gasteiger partial charge in [0.15, 0.2) is 0 Å². The van der Waals surface area contributed by atoms with Crippen LogP contribution in [0.1, 0.15) is 25.3 Å². The maximum absolute atomic E-state index is 5.75. The van der Waals surface area contributed by atoms with Crippen molar-refractivity contribution in [2.24, 2.45) is 5.92 Å². The van der Waals surface area contributed by atoms with Gasteiger partial charge in [-0.05, 0) is 62.9 Å². The van der Waals surface area contributed by atoms with E-state index in [0.29, 0.717) is 12.6 Å². The van der Waals surface area contributed by atoms with Crippen LogP contribution in [0.3, 0.4) is 0 Å². The first-order chi connectivity index (χ1) is 13.7. The minimum atomic E-state index is 0.618. The largest absolute Gasteiger partial charge is 0.492 e.